The van der Waals surface area contributed by atoms with Gasteiger partial charge in [-0.2, -0.15) is 0 Å². The zero-order valence-electron chi connectivity index (χ0n) is 20.0. The second-order valence-electron chi connectivity index (χ2n) is 8.85. The van der Waals surface area contributed by atoms with Gasteiger partial charge in [-0.25, -0.2) is 8.78 Å². The molecule has 10 heteroatoms. The fraction of sp³-hybridized carbons (Fsp3) is 0.400. The van der Waals surface area contributed by atoms with Gasteiger partial charge in [0.2, 0.25) is 11.8 Å². The molecule has 3 rings (SSSR count). The van der Waals surface area contributed by atoms with Crippen LogP contribution in [0.3, 0.4) is 0 Å². The first kappa shape index (κ1) is 26.6. The number of hydrogen-bond acceptors (Lipinski definition) is 4. The van der Waals surface area contributed by atoms with E-state index in [1.165, 1.54) is 11.0 Å². The van der Waals surface area contributed by atoms with Gasteiger partial charge in [0.1, 0.15) is 29.4 Å². The first-order valence-corrected chi connectivity index (χ1v) is 11.7. The molecule has 0 saturated carbocycles. The second kappa shape index (κ2) is 11.1. The quantitative estimate of drug-likeness (QED) is 0.536. The standard InChI is InChI=1S/C25H29ClF2N4O3/c1-13(2)20(30-23(33)14(3)29-4)25(35)32-11-10-15-8-9-16(26)12-17(15)22(32)24(34)31-21-18(27)6-5-7-19(21)28/h5-9,12-14,20,22,29H,10-11H2,1-4H3,(H,30,33)(H,31,34)/t14-,20-,22+/m0/s1. The summed E-state index contributed by atoms with van der Waals surface area (Å²) in [5.74, 6) is -3.80. The fourth-order valence-corrected chi connectivity index (χ4v) is 4.20. The molecule has 1 aliphatic heterocycles. The van der Waals surface area contributed by atoms with E-state index in [0.29, 0.717) is 17.0 Å². The Morgan fingerprint density at radius 3 is 2.34 bits per heavy atom. The van der Waals surface area contributed by atoms with Crippen LogP contribution in [0.4, 0.5) is 14.5 Å². The van der Waals surface area contributed by atoms with Gasteiger partial charge in [-0.05, 0) is 61.7 Å². The highest BCUT2D eigenvalue weighted by atomic mass is 35.5. The van der Waals surface area contributed by atoms with E-state index < -0.39 is 47.3 Å². The predicted octanol–water partition coefficient (Wildman–Crippen LogP) is 3.43. The molecule has 0 aliphatic carbocycles. The zero-order valence-corrected chi connectivity index (χ0v) is 20.7. The highest BCUT2D eigenvalue weighted by Gasteiger charge is 2.40. The fourth-order valence-electron chi connectivity index (χ4n) is 4.02. The van der Waals surface area contributed by atoms with Crippen molar-refractivity contribution < 1.29 is 23.2 Å². The molecule has 2 aromatic carbocycles. The molecule has 0 fully saturated rings. The van der Waals surface area contributed by atoms with Gasteiger partial charge in [0.05, 0.1) is 6.04 Å². The Bertz CT molecular complexity index is 1110. The summed E-state index contributed by atoms with van der Waals surface area (Å²) < 4.78 is 28.5. The topological polar surface area (TPSA) is 90.5 Å². The SMILES string of the molecule is CN[C@@H](C)C(=O)N[C@H](C(=O)N1CCc2ccc(Cl)cc2[C@@H]1C(=O)Nc1c(F)cccc1F)C(C)C. The first-order valence-electron chi connectivity index (χ1n) is 11.4. The van der Waals surface area contributed by atoms with Crippen molar-refractivity contribution in [3.05, 3.63) is 64.2 Å². The minimum Gasteiger partial charge on any atom is -0.343 e. The Balaban J connectivity index is 2.00. The minimum absolute atomic E-state index is 0.173. The van der Waals surface area contributed by atoms with Crippen LogP contribution < -0.4 is 16.0 Å². The van der Waals surface area contributed by atoms with Crippen LogP contribution in [0.15, 0.2) is 36.4 Å². The number of rotatable bonds is 7. The van der Waals surface area contributed by atoms with Crippen molar-refractivity contribution in [3.8, 4) is 0 Å². The number of benzene rings is 2. The van der Waals surface area contributed by atoms with Crippen molar-refractivity contribution in [3.63, 3.8) is 0 Å². The largest absolute Gasteiger partial charge is 0.343 e. The summed E-state index contributed by atoms with van der Waals surface area (Å²) in [6.07, 6.45) is 0.446. The summed E-state index contributed by atoms with van der Waals surface area (Å²) in [5, 5.41) is 8.24. The van der Waals surface area contributed by atoms with Crippen LogP contribution in [-0.2, 0) is 20.8 Å². The molecule has 0 bridgehead atoms. The van der Waals surface area contributed by atoms with E-state index >= 15 is 0 Å². The van der Waals surface area contributed by atoms with E-state index in [1.807, 2.05) is 0 Å². The molecule has 0 spiro atoms. The van der Waals surface area contributed by atoms with E-state index in [1.54, 1.807) is 46.0 Å². The lowest BCUT2D eigenvalue weighted by Gasteiger charge is -2.39. The molecule has 7 nitrogen and oxygen atoms in total. The molecule has 3 amide bonds. The number of nitrogens with zero attached hydrogens (tertiary/aromatic N) is 1. The van der Waals surface area contributed by atoms with Crippen LogP contribution in [0.5, 0.6) is 0 Å². The van der Waals surface area contributed by atoms with Crippen LogP contribution in [0, 0.1) is 17.6 Å². The summed E-state index contributed by atoms with van der Waals surface area (Å²) in [6.45, 7) is 5.40. The third kappa shape index (κ3) is 5.79. The van der Waals surface area contributed by atoms with Gasteiger partial charge in [0, 0.05) is 11.6 Å². The first-order chi connectivity index (χ1) is 16.5. The van der Waals surface area contributed by atoms with Crippen molar-refractivity contribution in [2.24, 2.45) is 5.92 Å². The Kier molecular flexibility index (Phi) is 8.45. The number of halogens is 3. The molecular formula is C25H29ClF2N4O3. The number of para-hydroxylation sites is 1. The maximum absolute atomic E-state index is 14.3. The van der Waals surface area contributed by atoms with Crippen molar-refractivity contribution in [2.45, 2.75) is 45.3 Å². The number of hydrogen-bond donors (Lipinski definition) is 3. The van der Waals surface area contributed by atoms with Crippen molar-refractivity contribution in [2.75, 3.05) is 18.9 Å². The number of carbonyl (C=O) groups excluding carboxylic acids is 3. The summed E-state index contributed by atoms with van der Waals surface area (Å²) in [4.78, 5) is 41.0. The Morgan fingerprint density at radius 1 is 1.09 bits per heavy atom. The average Bonchev–Trinajstić information content (AvgIpc) is 2.82. The lowest BCUT2D eigenvalue weighted by molar-refractivity contribution is -0.144. The van der Waals surface area contributed by atoms with E-state index in [9.17, 15) is 23.2 Å². The molecular weight excluding hydrogens is 478 g/mol. The van der Waals surface area contributed by atoms with Crippen LogP contribution in [-0.4, -0.2) is 48.3 Å². The van der Waals surface area contributed by atoms with Crippen molar-refractivity contribution in [1.82, 2.24) is 15.5 Å². The van der Waals surface area contributed by atoms with Gasteiger partial charge in [0.25, 0.3) is 5.91 Å². The van der Waals surface area contributed by atoms with Gasteiger partial charge < -0.3 is 20.9 Å². The summed E-state index contributed by atoms with van der Waals surface area (Å²) in [7, 11) is 1.63. The average molecular weight is 507 g/mol. The molecule has 188 valence electrons. The Hall–Kier alpha value is -3.04. The van der Waals surface area contributed by atoms with Crippen LogP contribution in [0.2, 0.25) is 5.02 Å². The van der Waals surface area contributed by atoms with E-state index in [4.69, 9.17) is 11.6 Å². The lowest BCUT2D eigenvalue weighted by atomic mass is 9.90. The number of anilines is 1. The highest BCUT2D eigenvalue weighted by molar-refractivity contribution is 6.30. The zero-order chi connectivity index (χ0) is 25.9. The maximum Gasteiger partial charge on any atom is 0.251 e. The number of carbonyl (C=O) groups is 3. The number of fused-ring (bicyclic) bond motifs is 1. The van der Waals surface area contributed by atoms with Gasteiger partial charge >= 0.3 is 0 Å². The van der Waals surface area contributed by atoms with Crippen LogP contribution >= 0.6 is 11.6 Å². The molecule has 0 aromatic heterocycles. The number of likely N-dealkylation sites (N-methyl/N-ethyl adjacent to an activating group) is 1. The Labute approximate surface area is 208 Å². The highest BCUT2D eigenvalue weighted by Crippen LogP contribution is 2.34. The normalized spacial score (nSPS) is 16.9. The maximum atomic E-state index is 14.3. The number of nitrogens with one attached hydrogen (secondary N) is 3. The summed E-state index contributed by atoms with van der Waals surface area (Å²) in [6, 6.07) is 5.61. The van der Waals surface area contributed by atoms with Crippen LogP contribution in [0.25, 0.3) is 0 Å². The van der Waals surface area contributed by atoms with Gasteiger partial charge in [-0.15, -0.1) is 0 Å². The minimum atomic E-state index is -1.20. The van der Waals surface area contributed by atoms with Gasteiger partial charge in [-0.1, -0.05) is 37.6 Å². The van der Waals surface area contributed by atoms with E-state index in [2.05, 4.69) is 16.0 Å². The van der Waals surface area contributed by atoms with Crippen LogP contribution in [0.1, 0.15) is 37.9 Å². The smallest absolute Gasteiger partial charge is 0.251 e. The Morgan fingerprint density at radius 2 is 1.74 bits per heavy atom. The molecule has 3 N–H and O–H groups in total. The number of amides is 3. The molecule has 3 atom stereocenters. The van der Waals surface area contributed by atoms with Crippen molar-refractivity contribution in [1.29, 1.82) is 0 Å². The molecule has 2 aromatic rings. The predicted molar refractivity (Wildman–Crippen MR) is 130 cm³/mol. The molecule has 0 radical (unpaired) electrons. The third-order valence-electron chi connectivity index (χ3n) is 6.14. The monoisotopic (exact) mass is 506 g/mol. The molecule has 0 saturated heterocycles. The molecule has 0 unspecified atom stereocenters. The second-order valence-corrected chi connectivity index (χ2v) is 9.29. The summed E-state index contributed by atoms with van der Waals surface area (Å²) in [5.41, 5.74) is 0.654. The van der Waals surface area contributed by atoms with E-state index in [0.717, 1.165) is 17.7 Å². The van der Waals surface area contributed by atoms with E-state index in [-0.39, 0.29) is 18.4 Å². The molecule has 35 heavy (non-hydrogen) atoms. The summed E-state index contributed by atoms with van der Waals surface area (Å²) >= 11 is 6.20. The lowest BCUT2D eigenvalue weighted by Crippen LogP contribution is -2.57. The molecule has 1 aliphatic rings. The van der Waals surface area contributed by atoms with Gasteiger partial charge in [-0.3, -0.25) is 14.4 Å². The van der Waals surface area contributed by atoms with Gasteiger partial charge in [0.15, 0.2) is 0 Å². The van der Waals surface area contributed by atoms with Crippen molar-refractivity contribution >= 4 is 35.0 Å². The molecule has 1 heterocycles. The third-order valence-corrected chi connectivity index (χ3v) is 6.37.